The number of hydrogen-bond acceptors (Lipinski definition) is 3. The highest BCUT2D eigenvalue weighted by atomic mass is 15.3. The van der Waals surface area contributed by atoms with Gasteiger partial charge >= 0.3 is 0 Å². The number of aromatic nitrogens is 4. The van der Waals surface area contributed by atoms with Gasteiger partial charge in [0.25, 0.3) is 0 Å². The van der Waals surface area contributed by atoms with E-state index in [1.54, 1.807) is 6.20 Å². The number of nitrogens with one attached hydrogen (secondary N) is 1. The molecule has 0 saturated heterocycles. The maximum Gasteiger partial charge on any atom is 0.201 e. The van der Waals surface area contributed by atoms with E-state index in [4.69, 9.17) is 6.42 Å². The smallest absolute Gasteiger partial charge is 0.201 e. The van der Waals surface area contributed by atoms with Gasteiger partial charge in [0, 0.05) is 6.20 Å². The van der Waals surface area contributed by atoms with E-state index in [0.717, 1.165) is 11.1 Å². The lowest BCUT2D eigenvalue weighted by atomic mass is 9.87. The van der Waals surface area contributed by atoms with Crippen LogP contribution in [0.1, 0.15) is 19.4 Å². The lowest BCUT2D eigenvalue weighted by Crippen LogP contribution is -2.13. The number of hydrogen-bond donors (Lipinski definition) is 1. The first-order chi connectivity index (χ1) is 6.63. The van der Waals surface area contributed by atoms with Crippen molar-refractivity contribution in [1.82, 2.24) is 20.4 Å². The van der Waals surface area contributed by atoms with Gasteiger partial charge in [-0.1, -0.05) is 5.92 Å². The van der Waals surface area contributed by atoms with Gasteiger partial charge in [-0.3, -0.25) is 0 Å². The molecule has 1 N–H and O–H groups in total. The Balaban J connectivity index is 2.61. The lowest BCUT2D eigenvalue weighted by Gasteiger charge is -2.16. The van der Waals surface area contributed by atoms with Crippen molar-refractivity contribution >= 4 is 11.2 Å². The van der Waals surface area contributed by atoms with Gasteiger partial charge in [0.1, 0.15) is 5.52 Å². The number of fused-ring (bicyclic) bond motifs is 1. The molecular weight excluding hydrogens is 176 g/mol. The Hall–Kier alpha value is -1.89. The SMILES string of the molecule is C#CC(C)(C)c1cnc2n[nH]nc2c1. The Kier molecular flexibility index (Phi) is 1.74. The van der Waals surface area contributed by atoms with Crippen LogP contribution in [0.15, 0.2) is 12.3 Å². The van der Waals surface area contributed by atoms with E-state index in [2.05, 4.69) is 26.3 Å². The molecule has 0 atom stereocenters. The zero-order valence-electron chi connectivity index (χ0n) is 8.07. The lowest BCUT2D eigenvalue weighted by molar-refractivity contribution is 0.696. The van der Waals surface area contributed by atoms with Crippen LogP contribution in [0, 0.1) is 12.3 Å². The van der Waals surface area contributed by atoms with Gasteiger partial charge < -0.3 is 0 Å². The predicted molar refractivity (Wildman–Crippen MR) is 53.5 cm³/mol. The molecule has 2 aromatic heterocycles. The fourth-order valence-electron chi connectivity index (χ4n) is 1.17. The Bertz CT molecular complexity index is 504. The van der Waals surface area contributed by atoms with Crippen LogP contribution in [0.2, 0.25) is 0 Å². The zero-order chi connectivity index (χ0) is 10.2. The highest BCUT2D eigenvalue weighted by Crippen LogP contribution is 2.22. The summed E-state index contributed by atoms with van der Waals surface area (Å²) in [4.78, 5) is 4.15. The maximum absolute atomic E-state index is 5.44. The van der Waals surface area contributed by atoms with Crippen molar-refractivity contribution in [3.8, 4) is 12.3 Å². The van der Waals surface area contributed by atoms with Gasteiger partial charge in [-0.25, -0.2) is 4.98 Å². The van der Waals surface area contributed by atoms with Gasteiger partial charge in [-0.15, -0.1) is 11.5 Å². The monoisotopic (exact) mass is 186 g/mol. The molecule has 0 aliphatic rings. The average molecular weight is 186 g/mol. The average Bonchev–Trinajstić information content (AvgIpc) is 2.64. The predicted octanol–water partition coefficient (Wildman–Crippen LogP) is 1.26. The van der Waals surface area contributed by atoms with Crippen molar-refractivity contribution in [1.29, 1.82) is 0 Å². The summed E-state index contributed by atoms with van der Waals surface area (Å²) in [5.41, 5.74) is 2.01. The quantitative estimate of drug-likeness (QED) is 0.682. The number of pyridine rings is 1. The number of aromatic amines is 1. The fourth-order valence-corrected chi connectivity index (χ4v) is 1.17. The highest BCUT2D eigenvalue weighted by Gasteiger charge is 2.18. The summed E-state index contributed by atoms with van der Waals surface area (Å²) >= 11 is 0. The molecule has 4 nitrogen and oxygen atoms in total. The minimum atomic E-state index is -0.319. The molecule has 0 amide bonds. The van der Waals surface area contributed by atoms with Crippen LogP contribution in [-0.2, 0) is 5.41 Å². The van der Waals surface area contributed by atoms with Crippen LogP contribution >= 0.6 is 0 Å². The van der Waals surface area contributed by atoms with E-state index in [9.17, 15) is 0 Å². The van der Waals surface area contributed by atoms with Crippen LogP contribution in [0.5, 0.6) is 0 Å². The maximum atomic E-state index is 5.44. The summed E-state index contributed by atoms with van der Waals surface area (Å²) in [6.07, 6.45) is 7.18. The standard InChI is InChI=1S/C10H10N4/c1-4-10(2,3)7-5-8-9(11-6-7)13-14-12-8/h1,5-6H,2-3H3,(H,11,12,13,14). The third-order valence-corrected chi connectivity index (χ3v) is 2.26. The molecule has 0 fully saturated rings. The Labute approximate surface area is 81.7 Å². The molecule has 0 aromatic carbocycles. The molecule has 0 unspecified atom stereocenters. The largest absolute Gasteiger partial charge is 0.233 e. The van der Waals surface area contributed by atoms with Crippen molar-refractivity contribution in [3.63, 3.8) is 0 Å². The first-order valence-electron chi connectivity index (χ1n) is 4.28. The van der Waals surface area contributed by atoms with E-state index in [1.807, 2.05) is 19.9 Å². The van der Waals surface area contributed by atoms with Gasteiger partial charge in [0.2, 0.25) is 5.65 Å². The van der Waals surface area contributed by atoms with Crippen molar-refractivity contribution in [2.75, 3.05) is 0 Å². The van der Waals surface area contributed by atoms with Crippen LogP contribution in [0.3, 0.4) is 0 Å². The van der Waals surface area contributed by atoms with Crippen molar-refractivity contribution in [2.24, 2.45) is 0 Å². The van der Waals surface area contributed by atoms with E-state index < -0.39 is 0 Å². The van der Waals surface area contributed by atoms with Crippen molar-refractivity contribution < 1.29 is 0 Å². The number of nitrogens with zero attached hydrogens (tertiary/aromatic N) is 3. The molecule has 0 aliphatic carbocycles. The van der Waals surface area contributed by atoms with E-state index >= 15 is 0 Å². The number of H-pyrrole nitrogens is 1. The summed E-state index contributed by atoms with van der Waals surface area (Å²) < 4.78 is 0. The summed E-state index contributed by atoms with van der Waals surface area (Å²) in [6.45, 7) is 3.94. The minimum Gasteiger partial charge on any atom is -0.233 e. The van der Waals surface area contributed by atoms with Gasteiger partial charge in [-0.05, 0) is 25.5 Å². The molecule has 0 saturated carbocycles. The summed E-state index contributed by atoms with van der Waals surface area (Å²) in [6, 6.07) is 1.91. The van der Waals surface area contributed by atoms with Gasteiger partial charge in [-0.2, -0.15) is 10.3 Å². The van der Waals surface area contributed by atoms with Gasteiger partial charge in [0.05, 0.1) is 5.41 Å². The van der Waals surface area contributed by atoms with Crippen LogP contribution in [0.4, 0.5) is 0 Å². The van der Waals surface area contributed by atoms with Crippen molar-refractivity contribution in [2.45, 2.75) is 19.3 Å². The normalized spacial score (nSPS) is 11.5. The first-order valence-corrected chi connectivity index (χ1v) is 4.28. The second kappa shape index (κ2) is 2.81. The third-order valence-electron chi connectivity index (χ3n) is 2.26. The van der Waals surface area contributed by atoms with Crippen LogP contribution < -0.4 is 0 Å². The molecule has 0 aliphatic heterocycles. The fraction of sp³-hybridized carbons (Fsp3) is 0.300. The van der Waals surface area contributed by atoms with E-state index in [0.29, 0.717) is 5.65 Å². The van der Waals surface area contributed by atoms with E-state index in [-0.39, 0.29) is 5.41 Å². The molecule has 14 heavy (non-hydrogen) atoms. The van der Waals surface area contributed by atoms with Crippen molar-refractivity contribution in [3.05, 3.63) is 17.8 Å². The molecule has 0 bridgehead atoms. The second-order valence-corrected chi connectivity index (χ2v) is 3.66. The number of terminal acetylenes is 1. The van der Waals surface area contributed by atoms with Crippen LogP contribution in [0.25, 0.3) is 11.2 Å². The molecule has 2 heterocycles. The Morgan fingerprint density at radius 1 is 1.43 bits per heavy atom. The van der Waals surface area contributed by atoms with Gasteiger partial charge in [0.15, 0.2) is 0 Å². The Morgan fingerprint density at radius 2 is 2.21 bits per heavy atom. The second-order valence-electron chi connectivity index (χ2n) is 3.66. The molecule has 4 heteroatoms. The summed E-state index contributed by atoms with van der Waals surface area (Å²) in [5, 5.41) is 10.3. The third kappa shape index (κ3) is 1.23. The minimum absolute atomic E-state index is 0.319. The molecule has 0 spiro atoms. The Morgan fingerprint density at radius 3 is 2.93 bits per heavy atom. The summed E-state index contributed by atoms with van der Waals surface area (Å²) in [7, 11) is 0. The molecule has 2 aromatic rings. The molecular formula is C10H10N4. The van der Waals surface area contributed by atoms with E-state index in [1.165, 1.54) is 0 Å². The first kappa shape index (κ1) is 8.70. The zero-order valence-corrected chi connectivity index (χ0v) is 8.07. The topological polar surface area (TPSA) is 54.5 Å². The summed E-state index contributed by atoms with van der Waals surface area (Å²) in [5.74, 6) is 2.72. The molecule has 2 rings (SSSR count). The highest BCUT2D eigenvalue weighted by molar-refractivity contribution is 5.69. The number of rotatable bonds is 1. The molecule has 0 radical (unpaired) electrons. The van der Waals surface area contributed by atoms with Crippen LogP contribution in [-0.4, -0.2) is 20.4 Å². The molecule has 70 valence electrons.